The topological polar surface area (TPSA) is 59.0 Å². The Bertz CT molecular complexity index is 514. The molecule has 2 N–H and O–H groups in total. The van der Waals surface area contributed by atoms with Gasteiger partial charge in [0.05, 0.1) is 5.56 Å². The largest absolute Gasteiger partial charge is 0.486 e. The second-order valence-corrected chi connectivity index (χ2v) is 4.97. The summed E-state index contributed by atoms with van der Waals surface area (Å²) in [6.45, 7) is 3.99. The molecule has 0 amide bonds. The Hall–Kier alpha value is -1.60. The molecule has 0 fully saturated rings. The average molecular weight is 232 g/mol. The summed E-state index contributed by atoms with van der Waals surface area (Å²) >= 11 is 4.93. The van der Waals surface area contributed by atoms with Crippen LogP contribution in [0.25, 0.3) is 0 Å². The lowest BCUT2D eigenvalue weighted by Gasteiger charge is -2.17. The molecule has 1 aromatic rings. The molecule has 0 saturated carbocycles. The van der Waals surface area contributed by atoms with Gasteiger partial charge in [-0.25, -0.2) is 0 Å². The minimum Gasteiger partial charge on any atom is -0.486 e. The van der Waals surface area contributed by atoms with Gasteiger partial charge in [0.25, 0.3) is 0 Å². The number of nitrogens with two attached hydrogens (primary N) is 1. The van der Waals surface area contributed by atoms with E-state index in [1.54, 1.807) is 6.07 Å². The maximum atomic E-state index is 9.06. The third kappa shape index (κ3) is 1.74. The van der Waals surface area contributed by atoms with E-state index < -0.39 is 0 Å². The standard InChI is InChI=1S/C12H12N2OS/c1-12(2)5-8-3-7(11(14)16)4-9(6-13)10(8)15-12/h3-4H,5H2,1-2H3,(H2,14,16). The molecule has 0 radical (unpaired) electrons. The first-order valence-electron chi connectivity index (χ1n) is 4.99. The van der Waals surface area contributed by atoms with E-state index in [0.29, 0.717) is 16.3 Å². The van der Waals surface area contributed by atoms with E-state index in [-0.39, 0.29) is 5.60 Å². The Morgan fingerprint density at radius 1 is 1.56 bits per heavy atom. The number of thiocarbonyl (C=S) groups is 1. The summed E-state index contributed by atoms with van der Waals surface area (Å²) in [6, 6.07) is 5.71. The summed E-state index contributed by atoms with van der Waals surface area (Å²) in [6.07, 6.45) is 0.771. The first kappa shape index (κ1) is 10.9. The number of benzene rings is 1. The number of nitrogens with zero attached hydrogens (tertiary/aromatic N) is 1. The molecule has 0 unspecified atom stereocenters. The first-order valence-corrected chi connectivity index (χ1v) is 5.39. The van der Waals surface area contributed by atoms with E-state index in [2.05, 4.69) is 6.07 Å². The van der Waals surface area contributed by atoms with Gasteiger partial charge in [-0.2, -0.15) is 5.26 Å². The van der Waals surface area contributed by atoms with Crippen LogP contribution in [0.5, 0.6) is 5.75 Å². The van der Waals surface area contributed by atoms with Gasteiger partial charge in [0.15, 0.2) is 0 Å². The van der Waals surface area contributed by atoms with Gasteiger partial charge < -0.3 is 10.5 Å². The third-order valence-electron chi connectivity index (χ3n) is 2.57. The molecule has 82 valence electrons. The van der Waals surface area contributed by atoms with Crippen molar-refractivity contribution < 1.29 is 4.74 Å². The molecule has 4 heteroatoms. The quantitative estimate of drug-likeness (QED) is 0.751. The Morgan fingerprint density at radius 3 is 2.81 bits per heavy atom. The summed E-state index contributed by atoms with van der Waals surface area (Å²) < 4.78 is 5.74. The van der Waals surface area contributed by atoms with Crippen molar-refractivity contribution in [3.63, 3.8) is 0 Å². The van der Waals surface area contributed by atoms with Crippen molar-refractivity contribution in [2.75, 3.05) is 0 Å². The van der Waals surface area contributed by atoms with Gasteiger partial charge in [0.1, 0.15) is 22.4 Å². The molecule has 16 heavy (non-hydrogen) atoms. The van der Waals surface area contributed by atoms with Gasteiger partial charge in [-0.15, -0.1) is 0 Å². The molecule has 1 aliphatic rings. The van der Waals surface area contributed by atoms with E-state index in [1.807, 2.05) is 19.9 Å². The van der Waals surface area contributed by atoms with Gasteiger partial charge >= 0.3 is 0 Å². The maximum absolute atomic E-state index is 9.06. The van der Waals surface area contributed by atoms with Crippen molar-refractivity contribution in [3.8, 4) is 11.8 Å². The Morgan fingerprint density at radius 2 is 2.25 bits per heavy atom. The molecule has 1 aliphatic heterocycles. The number of nitriles is 1. The monoisotopic (exact) mass is 232 g/mol. The third-order valence-corrected chi connectivity index (χ3v) is 2.80. The van der Waals surface area contributed by atoms with E-state index >= 15 is 0 Å². The second kappa shape index (κ2) is 3.46. The minimum absolute atomic E-state index is 0.261. The highest BCUT2D eigenvalue weighted by molar-refractivity contribution is 7.80. The van der Waals surface area contributed by atoms with Crippen LogP contribution in [0.3, 0.4) is 0 Å². The van der Waals surface area contributed by atoms with Crippen LogP contribution in [0.4, 0.5) is 0 Å². The zero-order chi connectivity index (χ0) is 11.9. The first-order chi connectivity index (χ1) is 7.43. The number of hydrogen-bond donors (Lipinski definition) is 1. The van der Waals surface area contributed by atoms with Gasteiger partial charge in [-0.05, 0) is 26.0 Å². The van der Waals surface area contributed by atoms with Crippen molar-refractivity contribution in [2.45, 2.75) is 25.9 Å². The van der Waals surface area contributed by atoms with Gasteiger partial charge in [0, 0.05) is 17.5 Å². The zero-order valence-corrected chi connectivity index (χ0v) is 10.0. The lowest BCUT2D eigenvalue weighted by Crippen LogP contribution is -2.24. The van der Waals surface area contributed by atoms with Crippen LogP contribution in [0.2, 0.25) is 0 Å². The van der Waals surface area contributed by atoms with Gasteiger partial charge in [-0.3, -0.25) is 0 Å². The number of hydrogen-bond acceptors (Lipinski definition) is 3. The molecule has 1 aromatic carbocycles. The van der Waals surface area contributed by atoms with Crippen molar-refractivity contribution in [1.82, 2.24) is 0 Å². The molecule has 0 atom stereocenters. The van der Waals surface area contributed by atoms with Crippen LogP contribution in [0, 0.1) is 11.3 Å². The lowest BCUT2D eigenvalue weighted by atomic mass is 9.98. The summed E-state index contributed by atoms with van der Waals surface area (Å²) in [5, 5.41) is 9.06. The molecule has 3 nitrogen and oxygen atoms in total. The summed E-state index contributed by atoms with van der Waals surface area (Å²) in [4.78, 5) is 0.309. The van der Waals surface area contributed by atoms with Crippen molar-refractivity contribution >= 4 is 17.2 Å². The fourth-order valence-electron chi connectivity index (χ4n) is 1.94. The minimum atomic E-state index is -0.261. The highest BCUT2D eigenvalue weighted by Gasteiger charge is 2.32. The lowest BCUT2D eigenvalue weighted by molar-refractivity contribution is 0.138. The predicted octanol–water partition coefficient (Wildman–Crippen LogP) is 1.91. The predicted molar refractivity (Wildman–Crippen MR) is 65.5 cm³/mol. The normalized spacial score (nSPS) is 16.1. The van der Waals surface area contributed by atoms with Gasteiger partial charge in [-0.1, -0.05) is 12.2 Å². The van der Waals surface area contributed by atoms with Gasteiger partial charge in [0.2, 0.25) is 0 Å². The van der Waals surface area contributed by atoms with Crippen molar-refractivity contribution in [2.24, 2.45) is 5.73 Å². The van der Waals surface area contributed by atoms with Crippen LogP contribution < -0.4 is 10.5 Å². The van der Waals surface area contributed by atoms with Crippen LogP contribution in [-0.2, 0) is 6.42 Å². The molecule has 0 aromatic heterocycles. The second-order valence-electron chi connectivity index (χ2n) is 4.53. The summed E-state index contributed by atoms with van der Waals surface area (Å²) in [5.74, 6) is 0.674. The number of ether oxygens (including phenoxy) is 1. The van der Waals surface area contributed by atoms with E-state index in [0.717, 1.165) is 17.5 Å². The Kier molecular flexibility index (Phi) is 2.36. The van der Waals surface area contributed by atoms with E-state index in [1.165, 1.54) is 0 Å². The molecule has 0 spiro atoms. The van der Waals surface area contributed by atoms with Crippen molar-refractivity contribution in [3.05, 3.63) is 28.8 Å². The fraction of sp³-hybridized carbons (Fsp3) is 0.333. The smallest absolute Gasteiger partial charge is 0.141 e. The summed E-state index contributed by atoms with van der Waals surface area (Å²) in [5.41, 5.74) is 7.56. The fourth-order valence-corrected chi connectivity index (χ4v) is 2.05. The van der Waals surface area contributed by atoms with E-state index in [9.17, 15) is 0 Å². The average Bonchev–Trinajstić information content (AvgIpc) is 2.49. The van der Waals surface area contributed by atoms with Crippen molar-refractivity contribution in [1.29, 1.82) is 5.26 Å². The zero-order valence-electron chi connectivity index (χ0n) is 9.20. The van der Waals surface area contributed by atoms with Crippen LogP contribution in [0.15, 0.2) is 12.1 Å². The maximum Gasteiger partial charge on any atom is 0.141 e. The molecular weight excluding hydrogens is 220 g/mol. The van der Waals surface area contributed by atoms with Crippen LogP contribution in [0.1, 0.15) is 30.5 Å². The molecule has 1 heterocycles. The number of fused-ring (bicyclic) bond motifs is 1. The molecule has 0 aliphatic carbocycles. The van der Waals surface area contributed by atoms with E-state index in [4.69, 9.17) is 28.0 Å². The SMILES string of the molecule is CC1(C)Cc2cc(C(N)=S)cc(C#N)c2O1. The Balaban J connectivity index is 2.59. The van der Waals surface area contributed by atoms with Crippen LogP contribution in [-0.4, -0.2) is 10.6 Å². The summed E-state index contributed by atoms with van der Waals surface area (Å²) in [7, 11) is 0. The highest BCUT2D eigenvalue weighted by atomic mass is 32.1. The molecule has 0 saturated heterocycles. The molecular formula is C12H12N2OS. The number of rotatable bonds is 1. The highest BCUT2D eigenvalue weighted by Crippen LogP contribution is 2.38. The Labute approximate surface area is 99.8 Å². The molecule has 2 rings (SSSR count). The van der Waals surface area contributed by atoms with Crippen LogP contribution >= 0.6 is 12.2 Å². The molecule has 0 bridgehead atoms.